The predicted octanol–water partition coefficient (Wildman–Crippen LogP) is 6.02. The van der Waals surface area contributed by atoms with Crippen LogP contribution in [0.2, 0.25) is 0 Å². The van der Waals surface area contributed by atoms with Crippen molar-refractivity contribution in [3.8, 4) is 22.8 Å². The molecule has 5 aromatic rings. The smallest absolute Gasteiger partial charge is 0.271 e. The van der Waals surface area contributed by atoms with Crippen molar-refractivity contribution in [2.75, 3.05) is 12.9 Å². The lowest BCUT2D eigenvalue weighted by Gasteiger charge is -2.29. The number of aryl methyl sites for hydroxylation is 2. The van der Waals surface area contributed by atoms with Crippen LogP contribution < -0.4 is 15.4 Å². The van der Waals surface area contributed by atoms with E-state index in [2.05, 4.69) is 20.6 Å². The molecule has 0 unspecified atom stereocenters. The summed E-state index contributed by atoms with van der Waals surface area (Å²) in [7, 11) is -3.45. The van der Waals surface area contributed by atoms with Gasteiger partial charge < -0.3 is 19.8 Å². The monoisotopic (exact) mass is 699 g/mol. The second-order valence-corrected chi connectivity index (χ2v) is 14.1. The number of hydrogen-bond acceptors (Lipinski definition) is 8. The van der Waals surface area contributed by atoms with Crippen LogP contribution in [0, 0.1) is 12.7 Å². The number of nitrogens with one attached hydrogen (secondary N) is 2. The van der Waals surface area contributed by atoms with Gasteiger partial charge in [0.25, 0.3) is 21.9 Å². The predicted molar refractivity (Wildman–Crippen MR) is 186 cm³/mol. The van der Waals surface area contributed by atoms with Crippen LogP contribution in [-0.2, 0) is 20.7 Å². The molecule has 1 saturated carbocycles. The second kappa shape index (κ2) is 15.2. The number of ether oxygens (including phenoxy) is 1. The van der Waals surface area contributed by atoms with Crippen LogP contribution in [0.4, 0.5) is 4.39 Å². The zero-order chi connectivity index (χ0) is 35.3. The highest BCUT2D eigenvalue weighted by Gasteiger charge is 2.26. The van der Waals surface area contributed by atoms with Crippen LogP contribution in [0.1, 0.15) is 64.2 Å². The van der Waals surface area contributed by atoms with Gasteiger partial charge in [0.2, 0.25) is 5.88 Å². The van der Waals surface area contributed by atoms with E-state index in [1.54, 1.807) is 12.3 Å². The maximum absolute atomic E-state index is 14.3. The van der Waals surface area contributed by atoms with E-state index in [1.807, 2.05) is 72.0 Å². The van der Waals surface area contributed by atoms with Crippen molar-refractivity contribution in [1.29, 1.82) is 0 Å². The molecule has 3 heterocycles. The zero-order valence-electron chi connectivity index (χ0n) is 27.8. The fourth-order valence-corrected chi connectivity index (χ4v) is 6.45. The van der Waals surface area contributed by atoms with Crippen molar-refractivity contribution in [3.63, 3.8) is 0 Å². The van der Waals surface area contributed by atoms with E-state index in [0.717, 1.165) is 40.9 Å². The molecule has 50 heavy (non-hydrogen) atoms. The maximum atomic E-state index is 14.3. The van der Waals surface area contributed by atoms with Gasteiger partial charge in [-0.05, 0) is 92.5 Å². The number of amides is 2. The number of hydrogen-bond donors (Lipinski definition) is 2. The molecule has 6 rings (SSSR count). The molecule has 1 aliphatic rings. The first-order valence-electron chi connectivity index (χ1n) is 16.4. The number of aromatic nitrogens is 3. The Labute approximate surface area is 290 Å². The third-order valence-corrected chi connectivity index (χ3v) is 9.23. The minimum absolute atomic E-state index is 0.0165. The Balaban J connectivity index is 1.04. The number of imidazole rings is 1. The Kier molecular flexibility index (Phi) is 10.5. The summed E-state index contributed by atoms with van der Waals surface area (Å²) >= 11 is 0. The average Bonchev–Trinajstić information content (AvgIpc) is 3.55. The molecule has 2 amide bonds. The number of halogens is 1. The van der Waals surface area contributed by atoms with Gasteiger partial charge in [0.05, 0.1) is 19.1 Å². The molecular formula is C37H38FN5O6S. The van der Waals surface area contributed by atoms with Gasteiger partial charge in [-0.1, -0.05) is 42.5 Å². The molecular weight excluding hydrogens is 662 g/mol. The fraction of sp³-hybridized carbons (Fsp3) is 0.297. The summed E-state index contributed by atoms with van der Waals surface area (Å²) in [6, 6.07) is 21.7. The van der Waals surface area contributed by atoms with Crippen LogP contribution in [-0.4, -0.2) is 59.5 Å². The van der Waals surface area contributed by atoms with E-state index < -0.39 is 21.8 Å². The Hall–Kier alpha value is -5.14. The highest BCUT2D eigenvalue weighted by atomic mass is 32.2. The molecule has 0 atom stereocenters. The van der Waals surface area contributed by atoms with Crippen molar-refractivity contribution >= 4 is 27.6 Å². The highest BCUT2D eigenvalue weighted by Crippen LogP contribution is 2.29. The SMILES string of the molecule is Cc1cccc2nc(C(=O)NC3CCC(NC(=O)c4cc(F)cnc4Oc4cccc(-c5ccc(CCCOS(C)(=O)=O)cc5)c4)CC3)cn12. The van der Waals surface area contributed by atoms with E-state index in [-0.39, 0.29) is 36.0 Å². The Bertz CT molecular complexity index is 2110. The van der Waals surface area contributed by atoms with Gasteiger partial charge in [0, 0.05) is 24.0 Å². The van der Waals surface area contributed by atoms with Gasteiger partial charge >= 0.3 is 0 Å². The lowest BCUT2D eigenvalue weighted by molar-refractivity contribution is 0.0888. The molecule has 11 nitrogen and oxygen atoms in total. The van der Waals surface area contributed by atoms with Crippen molar-refractivity contribution in [2.45, 2.75) is 57.5 Å². The van der Waals surface area contributed by atoms with Gasteiger partial charge in [-0.2, -0.15) is 8.42 Å². The van der Waals surface area contributed by atoms with E-state index in [9.17, 15) is 22.4 Å². The van der Waals surface area contributed by atoms with Crippen molar-refractivity contribution < 1.29 is 31.3 Å². The average molecular weight is 700 g/mol. The summed E-state index contributed by atoms with van der Waals surface area (Å²) in [5.74, 6) is -0.976. The maximum Gasteiger partial charge on any atom is 0.271 e. The number of fused-ring (bicyclic) bond motifs is 1. The molecule has 260 valence electrons. The molecule has 0 bridgehead atoms. The third-order valence-electron chi connectivity index (χ3n) is 8.63. The summed E-state index contributed by atoms with van der Waals surface area (Å²) in [4.78, 5) is 34.8. The van der Waals surface area contributed by atoms with Gasteiger partial charge in [-0.25, -0.2) is 14.4 Å². The number of nitrogens with zero attached hydrogens (tertiary/aromatic N) is 3. The highest BCUT2D eigenvalue weighted by molar-refractivity contribution is 7.85. The summed E-state index contributed by atoms with van der Waals surface area (Å²) in [6.45, 7) is 2.08. The molecule has 0 radical (unpaired) electrons. The lowest BCUT2D eigenvalue weighted by atomic mass is 9.91. The number of pyridine rings is 2. The van der Waals surface area contributed by atoms with Crippen molar-refractivity contribution in [3.05, 3.63) is 114 Å². The van der Waals surface area contributed by atoms with Gasteiger partial charge in [-0.15, -0.1) is 0 Å². The standard InChI is InChI=1S/C37H38FN5O6S/c1-24-6-3-10-34-42-33(23-43(24)34)36(45)41-30-17-15-29(16-18-30)40-35(44)32-21-28(38)22-39-37(32)49-31-9-4-8-27(20-31)26-13-11-25(12-14-26)7-5-19-48-50(2,46)47/h3-4,6,8-14,20-23,29-30H,5,7,15-19H2,1-2H3,(H,40,44)(H,41,45). The first kappa shape index (κ1) is 34.7. The molecule has 13 heteroatoms. The molecule has 0 aliphatic heterocycles. The quantitative estimate of drug-likeness (QED) is 0.119. The minimum atomic E-state index is -3.45. The number of carbonyl (C=O) groups excluding carboxylic acids is 2. The molecule has 0 saturated heterocycles. The Morgan fingerprint density at radius 1 is 0.920 bits per heavy atom. The van der Waals surface area contributed by atoms with E-state index >= 15 is 0 Å². The third kappa shape index (κ3) is 8.90. The van der Waals surface area contributed by atoms with E-state index in [1.165, 1.54) is 0 Å². The van der Waals surface area contributed by atoms with Crippen LogP contribution in [0.3, 0.4) is 0 Å². The fourth-order valence-electron chi connectivity index (χ4n) is 6.03. The van der Waals surface area contributed by atoms with E-state index in [0.29, 0.717) is 55.6 Å². The molecule has 1 fully saturated rings. The largest absolute Gasteiger partial charge is 0.438 e. The molecule has 2 N–H and O–H groups in total. The Morgan fingerprint density at radius 2 is 1.62 bits per heavy atom. The summed E-state index contributed by atoms with van der Waals surface area (Å²) in [5, 5.41) is 6.06. The topological polar surface area (TPSA) is 141 Å². The molecule has 0 spiro atoms. The number of benzene rings is 2. The van der Waals surface area contributed by atoms with E-state index in [4.69, 9.17) is 8.92 Å². The summed E-state index contributed by atoms with van der Waals surface area (Å²) < 4.78 is 49.3. The number of rotatable bonds is 12. The van der Waals surface area contributed by atoms with Crippen LogP contribution in [0.5, 0.6) is 11.6 Å². The minimum Gasteiger partial charge on any atom is -0.438 e. The van der Waals surface area contributed by atoms with Crippen LogP contribution >= 0.6 is 0 Å². The zero-order valence-corrected chi connectivity index (χ0v) is 28.6. The number of carbonyl (C=O) groups is 2. The van der Waals surface area contributed by atoms with Crippen molar-refractivity contribution in [2.24, 2.45) is 0 Å². The summed E-state index contributed by atoms with van der Waals surface area (Å²) in [6.07, 6.45) is 7.61. The van der Waals surface area contributed by atoms with Crippen LogP contribution in [0.25, 0.3) is 16.8 Å². The first-order valence-corrected chi connectivity index (χ1v) is 18.3. The second-order valence-electron chi connectivity index (χ2n) is 12.5. The van der Waals surface area contributed by atoms with Crippen molar-refractivity contribution in [1.82, 2.24) is 25.0 Å². The van der Waals surface area contributed by atoms with Crippen LogP contribution in [0.15, 0.2) is 85.2 Å². The van der Waals surface area contributed by atoms with Gasteiger partial charge in [0.1, 0.15) is 28.5 Å². The summed E-state index contributed by atoms with van der Waals surface area (Å²) in [5.41, 5.74) is 4.87. The molecule has 2 aromatic carbocycles. The molecule has 3 aromatic heterocycles. The first-order chi connectivity index (χ1) is 24.0. The van der Waals surface area contributed by atoms with Gasteiger partial charge in [-0.3, -0.25) is 13.8 Å². The lowest BCUT2D eigenvalue weighted by Crippen LogP contribution is -2.44. The molecule has 1 aliphatic carbocycles. The normalized spacial score (nSPS) is 16.2. The Morgan fingerprint density at radius 3 is 2.32 bits per heavy atom. The van der Waals surface area contributed by atoms with Gasteiger partial charge in [0.15, 0.2) is 0 Å².